The van der Waals surface area contributed by atoms with E-state index in [2.05, 4.69) is 6.58 Å². The number of carbonyl (C=O) groups excluding carboxylic acids is 2. The molecule has 19 heavy (non-hydrogen) atoms. The van der Waals surface area contributed by atoms with Crippen LogP contribution in [0.15, 0.2) is 30.2 Å². The number of thiophene rings is 1. The number of piperazine rings is 1. The standard InChI is InChI=1S/C12H12N2O2S3/c1-2-5-13-9(15)12-14(7-8-4-3-6-17-8)10(16)11(13)18-19-12/h2-4,6,11-12H,1,5,7H2. The van der Waals surface area contributed by atoms with Gasteiger partial charge >= 0.3 is 0 Å². The zero-order chi connectivity index (χ0) is 13.4. The molecule has 3 saturated heterocycles. The van der Waals surface area contributed by atoms with Gasteiger partial charge in [0.25, 0.3) is 11.8 Å². The van der Waals surface area contributed by atoms with Crippen LogP contribution in [0, 0.1) is 0 Å². The Labute approximate surface area is 123 Å². The highest BCUT2D eigenvalue weighted by molar-refractivity contribution is 8.77. The molecule has 3 aliphatic rings. The number of rotatable bonds is 4. The van der Waals surface area contributed by atoms with Crippen LogP contribution in [-0.2, 0) is 16.1 Å². The molecular weight excluding hydrogens is 300 g/mol. The molecular formula is C12H12N2O2S3. The summed E-state index contributed by atoms with van der Waals surface area (Å²) >= 11 is 1.61. The van der Waals surface area contributed by atoms with Crippen molar-refractivity contribution in [3.8, 4) is 0 Å². The van der Waals surface area contributed by atoms with E-state index in [9.17, 15) is 9.59 Å². The molecule has 2 unspecified atom stereocenters. The Balaban J connectivity index is 1.83. The quantitative estimate of drug-likeness (QED) is 0.631. The first-order chi connectivity index (χ1) is 9.22. The number of amides is 2. The third-order valence-corrected chi connectivity index (χ3v) is 6.70. The summed E-state index contributed by atoms with van der Waals surface area (Å²) in [7, 11) is 2.96. The largest absolute Gasteiger partial charge is 0.315 e. The molecule has 2 atom stereocenters. The summed E-state index contributed by atoms with van der Waals surface area (Å²) in [6.45, 7) is 4.61. The first-order valence-electron chi connectivity index (χ1n) is 5.78. The van der Waals surface area contributed by atoms with E-state index >= 15 is 0 Å². The van der Waals surface area contributed by atoms with Crippen LogP contribution in [0.25, 0.3) is 0 Å². The molecule has 2 amide bonds. The Bertz CT molecular complexity index is 517. The van der Waals surface area contributed by atoms with E-state index in [0.717, 1.165) is 4.88 Å². The Morgan fingerprint density at radius 2 is 1.89 bits per heavy atom. The second-order valence-corrected chi connectivity index (χ2v) is 7.69. The Kier molecular flexibility index (Phi) is 3.60. The van der Waals surface area contributed by atoms with Crippen LogP contribution in [0.5, 0.6) is 0 Å². The summed E-state index contributed by atoms with van der Waals surface area (Å²) in [5.74, 6) is 0.0495. The maximum Gasteiger partial charge on any atom is 0.258 e. The third kappa shape index (κ3) is 2.19. The molecule has 1 aromatic heterocycles. The van der Waals surface area contributed by atoms with E-state index in [0.29, 0.717) is 13.1 Å². The van der Waals surface area contributed by atoms with Crippen molar-refractivity contribution >= 4 is 44.7 Å². The van der Waals surface area contributed by atoms with E-state index in [4.69, 9.17) is 0 Å². The highest BCUT2D eigenvalue weighted by atomic mass is 33.1. The number of carbonyl (C=O) groups is 2. The fraction of sp³-hybridized carbons (Fsp3) is 0.333. The summed E-state index contributed by atoms with van der Waals surface area (Å²) in [4.78, 5) is 29.1. The summed E-state index contributed by atoms with van der Waals surface area (Å²) < 4.78 is 0. The van der Waals surface area contributed by atoms with Crippen molar-refractivity contribution in [2.75, 3.05) is 6.54 Å². The first kappa shape index (κ1) is 13.1. The predicted octanol–water partition coefficient (Wildman–Crippen LogP) is 2.15. The summed E-state index contributed by atoms with van der Waals surface area (Å²) in [6, 6.07) is 3.95. The van der Waals surface area contributed by atoms with Crippen LogP contribution in [0.1, 0.15) is 4.88 Å². The molecule has 0 saturated carbocycles. The molecule has 4 rings (SSSR count). The van der Waals surface area contributed by atoms with Crippen LogP contribution >= 0.6 is 32.9 Å². The lowest BCUT2D eigenvalue weighted by Gasteiger charge is -2.47. The summed E-state index contributed by atoms with van der Waals surface area (Å²) in [5.41, 5.74) is 0. The van der Waals surface area contributed by atoms with Crippen LogP contribution in [0.3, 0.4) is 0 Å². The van der Waals surface area contributed by atoms with Gasteiger partial charge in [-0.3, -0.25) is 9.59 Å². The second-order valence-electron chi connectivity index (χ2n) is 4.22. The lowest BCUT2D eigenvalue weighted by Crippen LogP contribution is -2.64. The SMILES string of the molecule is C=CCN1C(=O)C2SSC1C(=O)N2Cc1cccs1. The smallest absolute Gasteiger partial charge is 0.258 e. The van der Waals surface area contributed by atoms with E-state index in [1.54, 1.807) is 27.2 Å². The number of hydrogen-bond acceptors (Lipinski definition) is 5. The van der Waals surface area contributed by atoms with E-state index in [-0.39, 0.29) is 11.8 Å². The lowest BCUT2D eigenvalue weighted by molar-refractivity contribution is -0.153. The number of fused-ring (bicyclic) bond motifs is 3. The van der Waals surface area contributed by atoms with Crippen molar-refractivity contribution in [1.82, 2.24) is 9.80 Å². The van der Waals surface area contributed by atoms with Crippen molar-refractivity contribution in [2.24, 2.45) is 0 Å². The van der Waals surface area contributed by atoms with Gasteiger partial charge in [0.05, 0.1) is 6.54 Å². The topological polar surface area (TPSA) is 40.6 Å². The molecule has 0 aromatic carbocycles. The molecule has 2 bridgehead atoms. The van der Waals surface area contributed by atoms with Gasteiger partial charge in [0.15, 0.2) is 10.7 Å². The molecule has 1 aromatic rings. The molecule has 3 aliphatic heterocycles. The third-order valence-electron chi connectivity index (χ3n) is 3.02. The van der Waals surface area contributed by atoms with Gasteiger partial charge in [0.2, 0.25) is 0 Å². The molecule has 100 valence electrons. The van der Waals surface area contributed by atoms with Gasteiger partial charge in [-0.15, -0.1) is 17.9 Å². The van der Waals surface area contributed by atoms with Crippen molar-refractivity contribution in [2.45, 2.75) is 17.3 Å². The molecule has 4 nitrogen and oxygen atoms in total. The van der Waals surface area contributed by atoms with Crippen molar-refractivity contribution in [3.63, 3.8) is 0 Å². The molecule has 7 heteroatoms. The Morgan fingerprint density at radius 3 is 2.53 bits per heavy atom. The Hall–Kier alpha value is -0.920. The minimum Gasteiger partial charge on any atom is -0.315 e. The molecule has 4 heterocycles. The van der Waals surface area contributed by atoms with Gasteiger partial charge < -0.3 is 9.80 Å². The van der Waals surface area contributed by atoms with E-state index in [1.807, 2.05) is 17.5 Å². The van der Waals surface area contributed by atoms with Gasteiger partial charge in [-0.2, -0.15) is 0 Å². The zero-order valence-electron chi connectivity index (χ0n) is 10.0. The van der Waals surface area contributed by atoms with Crippen LogP contribution < -0.4 is 0 Å². The zero-order valence-corrected chi connectivity index (χ0v) is 12.5. The second kappa shape index (κ2) is 5.22. The molecule has 0 radical (unpaired) electrons. The van der Waals surface area contributed by atoms with Crippen LogP contribution in [0.4, 0.5) is 0 Å². The molecule has 0 spiro atoms. The maximum atomic E-state index is 12.4. The highest BCUT2D eigenvalue weighted by Crippen LogP contribution is 2.47. The maximum absolute atomic E-state index is 12.4. The summed E-state index contributed by atoms with van der Waals surface area (Å²) in [5, 5.41) is 1.18. The number of hydrogen-bond donors (Lipinski definition) is 0. The average molecular weight is 312 g/mol. The van der Waals surface area contributed by atoms with Crippen LogP contribution in [-0.4, -0.2) is 38.9 Å². The number of nitrogens with zero attached hydrogens (tertiary/aromatic N) is 2. The molecule has 0 aliphatic carbocycles. The average Bonchev–Trinajstić information content (AvgIpc) is 2.90. The van der Waals surface area contributed by atoms with E-state index in [1.165, 1.54) is 21.6 Å². The fourth-order valence-corrected chi connectivity index (χ4v) is 5.80. The van der Waals surface area contributed by atoms with Gasteiger partial charge in [-0.05, 0) is 11.4 Å². The highest BCUT2D eigenvalue weighted by Gasteiger charge is 2.51. The van der Waals surface area contributed by atoms with E-state index < -0.39 is 10.7 Å². The summed E-state index contributed by atoms with van der Waals surface area (Å²) in [6.07, 6.45) is 1.67. The predicted molar refractivity (Wildman–Crippen MR) is 79.5 cm³/mol. The van der Waals surface area contributed by atoms with Crippen molar-refractivity contribution < 1.29 is 9.59 Å². The van der Waals surface area contributed by atoms with Gasteiger partial charge in [0, 0.05) is 11.4 Å². The first-order valence-corrected chi connectivity index (χ1v) is 8.94. The van der Waals surface area contributed by atoms with Crippen LogP contribution in [0.2, 0.25) is 0 Å². The van der Waals surface area contributed by atoms with Gasteiger partial charge in [0.1, 0.15) is 0 Å². The van der Waals surface area contributed by atoms with Crippen molar-refractivity contribution in [3.05, 3.63) is 35.0 Å². The lowest BCUT2D eigenvalue weighted by atomic mass is 10.2. The molecule has 3 fully saturated rings. The van der Waals surface area contributed by atoms with Crippen molar-refractivity contribution in [1.29, 1.82) is 0 Å². The normalized spacial score (nSPS) is 26.1. The monoisotopic (exact) mass is 312 g/mol. The fourth-order valence-electron chi connectivity index (χ4n) is 2.13. The minimum atomic E-state index is -0.402. The molecule has 0 N–H and O–H groups in total. The van der Waals surface area contributed by atoms with Gasteiger partial charge in [-0.1, -0.05) is 33.7 Å². The Morgan fingerprint density at radius 1 is 1.21 bits per heavy atom. The van der Waals surface area contributed by atoms with Gasteiger partial charge in [-0.25, -0.2) is 0 Å². The minimum absolute atomic E-state index is 0.0183.